The predicted octanol–water partition coefficient (Wildman–Crippen LogP) is 3.37. The molecule has 1 aromatic carbocycles. The van der Waals surface area contributed by atoms with Gasteiger partial charge >= 0.3 is 0 Å². The van der Waals surface area contributed by atoms with Gasteiger partial charge in [-0.15, -0.1) is 11.3 Å². The van der Waals surface area contributed by atoms with E-state index < -0.39 is 0 Å². The highest BCUT2D eigenvalue weighted by atomic mass is 32.1. The van der Waals surface area contributed by atoms with Crippen LogP contribution in [-0.4, -0.2) is 28.9 Å². The van der Waals surface area contributed by atoms with Crippen LogP contribution in [0.1, 0.15) is 45.2 Å². The molecule has 2 aromatic rings. The van der Waals surface area contributed by atoms with Gasteiger partial charge in [-0.25, -0.2) is 4.98 Å². The molecule has 1 N–H and O–H groups in total. The van der Waals surface area contributed by atoms with Crippen LogP contribution in [0.5, 0.6) is 0 Å². The fraction of sp³-hybridized carbons (Fsp3) is 0.444. The number of likely N-dealkylation sites (tertiary alicyclic amines) is 1. The van der Waals surface area contributed by atoms with Gasteiger partial charge in [0, 0.05) is 6.54 Å². The minimum atomic E-state index is -0.0197. The van der Waals surface area contributed by atoms with Crippen LogP contribution in [0.2, 0.25) is 0 Å². The highest BCUT2D eigenvalue weighted by molar-refractivity contribution is 7.13. The van der Waals surface area contributed by atoms with Crippen molar-refractivity contribution in [1.29, 1.82) is 0 Å². The van der Waals surface area contributed by atoms with Crippen molar-refractivity contribution in [1.82, 2.24) is 15.2 Å². The fourth-order valence-corrected chi connectivity index (χ4v) is 3.92. The van der Waals surface area contributed by atoms with Crippen molar-refractivity contribution in [3.63, 3.8) is 0 Å². The minimum absolute atomic E-state index is 0.0197. The first-order chi connectivity index (χ1) is 11.2. The summed E-state index contributed by atoms with van der Waals surface area (Å²) in [5.74, 6) is -0.0197. The average Bonchev–Trinajstić information content (AvgIpc) is 2.95. The molecule has 0 bridgehead atoms. The van der Waals surface area contributed by atoms with Crippen LogP contribution in [0, 0.1) is 6.92 Å². The van der Waals surface area contributed by atoms with Crippen LogP contribution in [0.3, 0.4) is 0 Å². The molecule has 122 valence electrons. The Bertz CT molecular complexity index is 648. The third-order valence-electron chi connectivity index (χ3n) is 4.15. The van der Waals surface area contributed by atoms with Gasteiger partial charge in [-0.3, -0.25) is 9.69 Å². The summed E-state index contributed by atoms with van der Waals surface area (Å²) in [6.45, 7) is 5.64. The normalized spacial score (nSPS) is 15.5. The van der Waals surface area contributed by atoms with E-state index >= 15 is 0 Å². The van der Waals surface area contributed by atoms with Gasteiger partial charge in [0.05, 0.1) is 12.2 Å². The molecule has 1 amide bonds. The minimum Gasteiger partial charge on any atom is -0.347 e. The van der Waals surface area contributed by atoms with Crippen LogP contribution in [0.25, 0.3) is 0 Å². The van der Waals surface area contributed by atoms with E-state index in [0.717, 1.165) is 40.8 Å². The molecule has 1 fully saturated rings. The van der Waals surface area contributed by atoms with Crippen LogP contribution in [-0.2, 0) is 13.1 Å². The molecule has 0 aliphatic carbocycles. The number of aryl methyl sites for hydroxylation is 1. The van der Waals surface area contributed by atoms with Gasteiger partial charge in [0.25, 0.3) is 5.91 Å². The second-order valence-electron chi connectivity index (χ2n) is 6.03. The van der Waals surface area contributed by atoms with Crippen LogP contribution < -0.4 is 5.32 Å². The lowest BCUT2D eigenvalue weighted by molar-refractivity contribution is 0.0954. The Hall–Kier alpha value is -1.72. The number of amides is 1. The van der Waals surface area contributed by atoms with Gasteiger partial charge in [-0.05, 0) is 38.4 Å². The first-order valence-electron chi connectivity index (χ1n) is 8.23. The zero-order valence-electron chi connectivity index (χ0n) is 13.5. The molecular weight excluding hydrogens is 306 g/mol. The van der Waals surface area contributed by atoms with Crippen molar-refractivity contribution >= 4 is 17.2 Å². The number of piperidine rings is 1. The van der Waals surface area contributed by atoms with Gasteiger partial charge in [-0.1, -0.05) is 36.8 Å². The monoisotopic (exact) mass is 329 g/mol. The Balaban J connectivity index is 1.59. The van der Waals surface area contributed by atoms with Crippen molar-refractivity contribution < 1.29 is 4.79 Å². The molecule has 3 rings (SSSR count). The summed E-state index contributed by atoms with van der Waals surface area (Å²) in [5.41, 5.74) is 1.95. The first-order valence-corrected chi connectivity index (χ1v) is 9.05. The topological polar surface area (TPSA) is 45.2 Å². The van der Waals surface area contributed by atoms with Gasteiger partial charge in [0.2, 0.25) is 0 Å². The number of rotatable bonds is 5. The molecule has 1 aliphatic rings. The number of hydrogen-bond donors (Lipinski definition) is 1. The van der Waals surface area contributed by atoms with Gasteiger partial charge in [0.1, 0.15) is 9.88 Å². The summed E-state index contributed by atoms with van der Waals surface area (Å²) in [7, 11) is 0. The van der Waals surface area contributed by atoms with Gasteiger partial charge in [-0.2, -0.15) is 0 Å². The highest BCUT2D eigenvalue weighted by Crippen LogP contribution is 2.21. The van der Waals surface area contributed by atoms with E-state index in [9.17, 15) is 4.79 Å². The molecule has 0 spiro atoms. The Morgan fingerprint density at radius 1 is 1.22 bits per heavy atom. The average molecular weight is 329 g/mol. The lowest BCUT2D eigenvalue weighted by Gasteiger charge is -2.25. The maximum atomic E-state index is 12.4. The van der Waals surface area contributed by atoms with E-state index in [0.29, 0.717) is 6.54 Å². The molecular formula is C18H23N3OS. The molecule has 1 aromatic heterocycles. The van der Waals surface area contributed by atoms with Crippen molar-refractivity contribution in [2.24, 2.45) is 0 Å². The second kappa shape index (κ2) is 7.70. The molecule has 2 heterocycles. The highest BCUT2D eigenvalue weighted by Gasteiger charge is 2.17. The zero-order valence-corrected chi connectivity index (χ0v) is 14.4. The fourth-order valence-electron chi connectivity index (χ4n) is 2.90. The third kappa shape index (κ3) is 4.39. The van der Waals surface area contributed by atoms with E-state index in [-0.39, 0.29) is 5.91 Å². The van der Waals surface area contributed by atoms with Gasteiger partial charge < -0.3 is 5.32 Å². The van der Waals surface area contributed by atoms with Gasteiger partial charge in [0.15, 0.2) is 0 Å². The molecule has 0 saturated carbocycles. The molecule has 4 nitrogen and oxygen atoms in total. The summed E-state index contributed by atoms with van der Waals surface area (Å²) in [5, 5.41) is 4.04. The molecule has 5 heteroatoms. The van der Waals surface area contributed by atoms with E-state index in [2.05, 4.69) is 15.2 Å². The number of thiazole rings is 1. The van der Waals surface area contributed by atoms with Crippen LogP contribution in [0.4, 0.5) is 0 Å². The summed E-state index contributed by atoms with van der Waals surface area (Å²) in [4.78, 5) is 20.2. The predicted molar refractivity (Wildman–Crippen MR) is 93.6 cm³/mol. The van der Waals surface area contributed by atoms with Crippen LogP contribution >= 0.6 is 11.3 Å². The number of nitrogens with zero attached hydrogens (tertiary/aromatic N) is 2. The number of nitrogens with one attached hydrogen (secondary N) is 1. The zero-order chi connectivity index (χ0) is 16.1. The van der Waals surface area contributed by atoms with Crippen molar-refractivity contribution in [2.75, 3.05) is 13.1 Å². The molecule has 1 saturated heterocycles. The molecule has 0 atom stereocenters. The van der Waals surface area contributed by atoms with Crippen LogP contribution in [0.15, 0.2) is 30.3 Å². The quantitative estimate of drug-likeness (QED) is 0.915. The summed E-state index contributed by atoms with van der Waals surface area (Å²) >= 11 is 1.53. The lowest BCUT2D eigenvalue weighted by atomic mass is 10.1. The van der Waals surface area contributed by atoms with Crippen molar-refractivity contribution in [3.05, 3.63) is 51.5 Å². The lowest BCUT2D eigenvalue weighted by Crippen LogP contribution is -2.29. The van der Waals surface area contributed by atoms with E-state index in [1.807, 2.05) is 37.3 Å². The second-order valence-corrected chi connectivity index (χ2v) is 7.11. The maximum absolute atomic E-state index is 12.4. The number of aromatic nitrogens is 1. The standard InChI is InChI=1S/C18H23N3OS/c1-14-17(18(22)19-12-15-8-4-2-5-9-15)23-16(20-14)13-21-10-6-3-7-11-21/h2,4-5,8-9H,3,6-7,10-13H2,1H3,(H,19,22). The first kappa shape index (κ1) is 16.1. The molecule has 1 aliphatic heterocycles. The van der Waals surface area contributed by atoms with Crippen molar-refractivity contribution in [3.8, 4) is 0 Å². The maximum Gasteiger partial charge on any atom is 0.263 e. The Morgan fingerprint density at radius 3 is 2.70 bits per heavy atom. The van der Waals surface area contributed by atoms with E-state index in [1.54, 1.807) is 0 Å². The smallest absolute Gasteiger partial charge is 0.263 e. The number of carbonyl (C=O) groups is 1. The summed E-state index contributed by atoms with van der Waals surface area (Å²) in [6.07, 6.45) is 3.88. The largest absolute Gasteiger partial charge is 0.347 e. The molecule has 0 radical (unpaired) electrons. The Labute approximate surface area is 141 Å². The number of hydrogen-bond acceptors (Lipinski definition) is 4. The molecule has 0 unspecified atom stereocenters. The van der Waals surface area contributed by atoms with E-state index in [1.165, 1.54) is 30.6 Å². The third-order valence-corrected chi connectivity index (χ3v) is 5.29. The Morgan fingerprint density at radius 2 is 1.96 bits per heavy atom. The number of carbonyl (C=O) groups excluding carboxylic acids is 1. The summed E-state index contributed by atoms with van der Waals surface area (Å²) in [6, 6.07) is 9.97. The molecule has 23 heavy (non-hydrogen) atoms. The number of benzene rings is 1. The summed E-state index contributed by atoms with van der Waals surface area (Å²) < 4.78 is 0. The van der Waals surface area contributed by atoms with Crippen molar-refractivity contribution in [2.45, 2.75) is 39.3 Å². The van der Waals surface area contributed by atoms with E-state index in [4.69, 9.17) is 0 Å². The Kier molecular flexibility index (Phi) is 5.41. The SMILES string of the molecule is Cc1nc(CN2CCCCC2)sc1C(=O)NCc1ccccc1.